The van der Waals surface area contributed by atoms with Crippen molar-refractivity contribution in [2.24, 2.45) is 17.8 Å². The highest BCUT2D eigenvalue weighted by Gasteiger charge is 2.69. The molecule has 4 bridgehead atoms. The standard InChI is InChI=1S/C16H27NO4/c1-10-11-8-12(18)16(9-17-6-4-3-5-7-17)13(11)15(19-2)20-14(10)21-16/h10-15,18H,3-9H2,1-2H3/t10-,11+,12+,13-,14-,15-,16-/m1/s1. The Morgan fingerprint density at radius 1 is 1.29 bits per heavy atom. The van der Waals surface area contributed by atoms with E-state index in [1.807, 2.05) is 0 Å². The molecule has 5 nitrogen and oxygen atoms in total. The summed E-state index contributed by atoms with van der Waals surface area (Å²) in [7, 11) is 1.70. The van der Waals surface area contributed by atoms with Gasteiger partial charge in [0.2, 0.25) is 0 Å². The van der Waals surface area contributed by atoms with Crippen LogP contribution in [0.2, 0.25) is 0 Å². The van der Waals surface area contributed by atoms with Crippen molar-refractivity contribution < 1.29 is 19.3 Å². The van der Waals surface area contributed by atoms with E-state index in [9.17, 15) is 5.11 Å². The Labute approximate surface area is 126 Å². The molecular formula is C16H27NO4. The molecule has 1 N–H and O–H groups in total. The van der Waals surface area contributed by atoms with Crippen LogP contribution in [-0.4, -0.2) is 61.0 Å². The van der Waals surface area contributed by atoms with Crippen LogP contribution in [-0.2, 0) is 14.2 Å². The number of nitrogens with zero attached hydrogens (tertiary/aromatic N) is 1. The predicted molar refractivity (Wildman–Crippen MR) is 76.5 cm³/mol. The van der Waals surface area contributed by atoms with Crippen LogP contribution < -0.4 is 0 Å². The number of aliphatic hydroxyl groups is 1. The molecule has 5 aliphatic rings. The van der Waals surface area contributed by atoms with Gasteiger partial charge in [0.25, 0.3) is 0 Å². The second kappa shape index (κ2) is 5.17. The number of hydrogen-bond acceptors (Lipinski definition) is 5. The minimum Gasteiger partial charge on any atom is -0.390 e. The maximum Gasteiger partial charge on any atom is 0.166 e. The van der Waals surface area contributed by atoms with Crippen LogP contribution in [0, 0.1) is 17.8 Å². The van der Waals surface area contributed by atoms with E-state index >= 15 is 0 Å². The number of aliphatic hydroxyl groups excluding tert-OH is 1. The zero-order chi connectivity index (χ0) is 14.6. The van der Waals surface area contributed by atoms with Gasteiger partial charge >= 0.3 is 0 Å². The fraction of sp³-hybridized carbons (Fsp3) is 1.00. The zero-order valence-corrected chi connectivity index (χ0v) is 13.0. The molecule has 4 aliphatic heterocycles. The van der Waals surface area contributed by atoms with Crippen LogP contribution in [0.5, 0.6) is 0 Å². The second-order valence-electron chi connectivity index (χ2n) is 7.32. The van der Waals surface area contributed by atoms with Gasteiger partial charge in [-0.05, 0) is 38.3 Å². The molecule has 0 unspecified atom stereocenters. The van der Waals surface area contributed by atoms with Gasteiger partial charge in [-0.25, -0.2) is 0 Å². The van der Waals surface area contributed by atoms with Crippen LogP contribution in [0.4, 0.5) is 0 Å². The van der Waals surface area contributed by atoms with Crippen LogP contribution in [0.1, 0.15) is 32.6 Å². The third kappa shape index (κ3) is 2.01. The summed E-state index contributed by atoms with van der Waals surface area (Å²) in [5.41, 5.74) is -0.488. The maximum absolute atomic E-state index is 10.8. The molecule has 120 valence electrons. The minimum atomic E-state index is -0.488. The highest BCUT2D eigenvalue weighted by molar-refractivity contribution is 5.13. The smallest absolute Gasteiger partial charge is 0.166 e. The van der Waals surface area contributed by atoms with Gasteiger partial charge in [-0.1, -0.05) is 13.3 Å². The molecule has 0 aromatic heterocycles. The van der Waals surface area contributed by atoms with E-state index in [1.54, 1.807) is 7.11 Å². The van der Waals surface area contributed by atoms with Crippen LogP contribution >= 0.6 is 0 Å². The Morgan fingerprint density at radius 2 is 2.05 bits per heavy atom. The summed E-state index contributed by atoms with van der Waals surface area (Å²) in [5.74, 6) is 0.940. The Bertz CT molecular complexity index is 400. The van der Waals surface area contributed by atoms with Crippen molar-refractivity contribution >= 4 is 0 Å². The highest BCUT2D eigenvalue weighted by Crippen LogP contribution is 2.58. The molecule has 21 heavy (non-hydrogen) atoms. The van der Waals surface area contributed by atoms with Crippen molar-refractivity contribution in [1.29, 1.82) is 0 Å². The summed E-state index contributed by atoms with van der Waals surface area (Å²) in [6.45, 7) is 5.24. The second-order valence-corrected chi connectivity index (χ2v) is 7.32. The van der Waals surface area contributed by atoms with E-state index in [4.69, 9.17) is 14.2 Å². The van der Waals surface area contributed by atoms with Gasteiger partial charge in [-0.3, -0.25) is 0 Å². The molecule has 0 amide bonds. The van der Waals surface area contributed by atoms with Crippen molar-refractivity contribution in [1.82, 2.24) is 4.90 Å². The summed E-state index contributed by atoms with van der Waals surface area (Å²) < 4.78 is 17.8. The number of hydrogen-bond donors (Lipinski definition) is 1. The van der Waals surface area contributed by atoms with Crippen molar-refractivity contribution in [3.63, 3.8) is 0 Å². The van der Waals surface area contributed by atoms with Crippen molar-refractivity contribution in [2.75, 3.05) is 26.7 Å². The van der Waals surface area contributed by atoms with Gasteiger partial charge in [-0.2, -0.15) is 0 Å². The SMILES string of the molecule is CO[C@@H]1O[C@@H]2O[C@@]3(CN4CCCCC4)[C@@H]1[C@@H](C[C@@H]3O)[C@H]2C. The first-order valence-electron chi connectivity index (χ1n) is 8.42. The molecule has 0 radical (unpaired) electrons. The van der Waals surface area contributed by atoms with Gasteiger partial charge in [0.15, 0.2) is 12.6 Å². The molecule has 7 atom stereocenters. The lowest BCUT2D eigenvalue weighted by atomic mass is 9.73. The van der Waals surface area contributed by atoms with E-state index in [0.29, 0.717) is 11.8 Å². The number of fused-ring (bicyclic) bond motifs is 1. The quantitative estimate of drug-likeness (QED) is 0.848. The summed E-state index contributed by atoms with van der Waals surface area (Å²) >= 11 is 0. The molecule has 5 heteroatoms. The normalized spacial score (nSPS) is 53.3. The third-order valence-corrected chi connectivity index (χ3v) is 6.24. The third-order valence-electron chi connectivity index (χ3n) is 6.24. The average Bonchev–Trinajstić information content (AvgIpc) is 2.75. The van der Waals surface area contributed by atoms with Gasteiger partial charge in [0.05, 0.1) is 6.10 Å². The molecule has 1 saturated carbocycles. The Kier molecular flexibility index (Phi) is 3.54. The molecule has 0 aromatic carbocycles. The monoisotopic (exact) mass is 297 g/mol. The largest absolute Gasteiger partial charge is 0.390 e. The number of methoxy groups -OCH3 is 1. The predicted octanol–water partition coefficient (Wildman–Crippen LogP) is 1.20. The van der Waals surface area contributed by atoms with E-state index in [-0.39, 0.29) is 18.5 Å². The van der Waals surface area contributed by atoms with Gasteiger partial charge in [0, 0.05) is 25.5 Å². The van der Waals surface area contributed by atoms with Gasteiger partial charge < -0.3 is 24.2 Å². The van der Waals surface area contributed by atoms with E-state index in [0.717, 1.165) is 26.1 Å². The summed E-state index contributed by atoms with van der Waals surface area (Å²) in [6, 6.07) is 0. The Balaban J connectivity index is 1.62. The van der Waals surface area contributed by atoms with E-state index in [1.165, 1.54) is 19.3 Å². The molecule has 5 fully saturated rings. The van der Waals surface area contributed by atoms with Crippen molar-refractivity contribution in [3.05, 3.63) is 0 Å². The molecule has 0 spiro atoms. The first-order chi connectivity index (χ1) is 10.2. The van der Waals surface area contributed by atoms with Gasteiger partial charge in [-0.15, -0.1) is 0 Å². The van der Waals surface area contributed by atoms with Crippen molar-refractivity contribution in [3.8, 4) is 0 Å². The fourth-order valence-corrected chi connectivity index (χ4v) is 5.13. The van der Waals surface area contributed by atoms with E-state index in [2.05, 4.69) is 11.8 Å². The van der Waals surface area contributed by atoms with Crippen molar-refractivity contribution in [2.45, 2.75) is 56.9 Å². The number of ether oxygens (including phenoxy) is 3. The van der Waals surface area contributed by atoms with Crippen LogP contribution in [0.15, 0.2) is 0 Å². The topological polar surface area (TPSA) is 51.2 Å². The Morgan fingerprint density at radius 3 is 2.76 bits per heavy atom. The molecule has 4 saturated heterocycles. The number of rotatable bonds is 3. The van der Waals surface area contributed by atoms with Crippen LogP contribution in [0.25, 0.3) is 0 Å². The summed E-state index contributed by atoms with van der Waals surface area (Å²) in [4.78, 5) is 2.47. The molecule has 1 aliphatic carbocycles. The maximum atomic E-state index is 10.8. The number of piperidine rings is 1. The zero-order valence-electron chi connectivity index (χ0n) is 13.0. The molecular weight excluding hydrogens is 270 g/mol. The lowest BCUT2D eigenvalue weighted by Gasteiger charge is -2.56. The summed E-state index contributed by atoms with van der Waals surface area (Å²) in [5, 5.41) is 10.8. The lowest BCUT2D eigenvalue weighted by molar-refractivity contribution is -0.410. The lowest BCUT2D eigenvalue weighted by Crippen LogP contribution is -2.68. The van der Waals surface area contributed by atoms with Gasteiger partial charge in [0.1, 0.15) is 5.60 Å². The van der Waals surface area contributed by atoms with E-state index < -0.39 is 11.7 Å². The summed E-state index contributed by atoms with van der Waals surface area (Å²) in [6.07, 6.45) is 3.79. The molecule has 0 aromatic rings. The Hall–Kier alpha value is -0.200. The molecule has 4 heterocycles. The fourth-order valence-electron chi connectivity index (χ4n) is 5.13. The first kappa shape index (κ1) is 14.4. The number of likely N-dealkylation sites (tertiary alicyclic amines) is 1. The highest BCUT2D eigenvalue weighted by atomic mass is 16.8. The van der Waals surface area contributed by atoms with Crippen LogP contribution in [0.3, 0.4) is 0 Å². The average molecular weight is 297 g/mol. The minimum absolute atomic E-state index is 0.152. The molecule has 5 rings (SSSR count). The first-order valence-corrected chi connectivity index (χ1v) is 8.42.